The van der Waals surface area contributed by atoms with E-state index in [1.807, 2.05) is 0 Å². The van der Waals surface area contributed by atoms with Crippen LogP contribution < -0.4 is 15.1 Å². The van der Waals surface area contributed by atoms with Crippen molar-refractivity contribution in [3.05, 3.63) is 40.2 Å². The number of fused-ring (bicyclic) bond motifs is 1. The van der Waals surface area contributed by atoms with E-state index < -0.39 is 44.7 Å². The molecule has 1 aromatic carbocycles. The van der Waals surface area contributed by atoms with E-state index in [1.54, 1.807) is 20.8 Å². The van der Waals surface area contributed by atoms with Crippen LogP contribution in [0.5, 0.6) is 5.75 Å². The molecule has 3 rings (SSSR count). The summed E-state index contributed by atoms with van der Waals surface area (Å²) in [6, 6.07) is 3.66. The van der Waals surface area contributed by atoms with Gasteiger partial charge in [-0.25, -0.2) is 9.59 Å². The Bertz CT molecular complexity index is 1190. The number of nitrogens with zero attached hydrogens (tertiary/aromatic N) is 1. The summed E-state index contributed by atoms with van der Waals surface area (Å²) in [6.07, 6.45) is -0.596. The van der Waals surface area contributed by atoms with Crippen LogP contribution in [0.2, 0.25) is 0 Å². The number of carbonyl (C=O) groups is 1. The molecule has 2 heterocycles. The van der Waals surface area contributed by atoms with Crippen LogP contribution in [0.15, 0.2) is 33.5 Å². The van der Waals surface area contributed by atoms with Gasteiger partial charge in [0.25, 0.3) is 0 Å². The van der Waals surface area contributed by atoms with E-state index in [0.717, 1.165) is 12.1 Å². The van der Waals surface area contributed by atoms with Gasteiger partial charge in [-0.3, -0.25) is 4.90 Å². The predicted molar refractivity (Wildman–Crippen MR) is 107 cm³/mol. The van der Waals surface area contributed by atoms with Crippen molar-refractivity contribution in [2.75, 3.05) is 19.6 Å². The fraction of sp³-hybridized carbons (Fsp3) is 0.474. The van der Waals surface area contributed by atoms with Crippen molar-refractivity contribution in [3.63, 3.8) is 0 Å². The van der Waals surface area contributed by atoms with Gasteiger partial charge in [0.1, 0.15) is 16.9 Å². The molecule has 0 spiro atoms. The molecule has 32 heavy (non-hydrogen) atoms. The minimum atomic E-state index is -5.90. The van der Waals surface area contributed by atoms with Gasteiger partial charge in [-0.1, -0.05) is 0 Å². The van der Waals surface area contributed by atoms with E-state index in [9.17, 15) is 31.2 Å². The van der Waals surface area contributed by atoms with Crippen LogP contribution in [0.1, 0.15) is 32.4 Å². The zero-order valence-electron chi connectivity index (χ0n) is 17.4. The van der Waals surface area contributed by atoms with Crippen LogP contribution in [-0.2, 0) is 14.9 Å². The summed E-state index contributed by atoms with van der Waals surface area (Å²) in [7, 11) is -5.90. The summed E-state index contributed by atoms with van der Waals surface area (Å²) in [4.78, 5) is 26.3. The zero-order valence-corrected chi connectivity index (χ0v) is 18.2. The predicted octanol–water partition coefficient (Wildman–Crippen LogP) is 2.90. The SMILES string of the molecule is CC(C)(C)OC(=O)N1CCNCC1c1cc(=O)oc2cc(OS(=O)(=O)C(F)(F)F)ccc12. The van der Waals surface area contributed by atoms with Crippen molar-refractivity contribution in [1.29, 1.82) is 0 Å². The average Bonchev–Trinajstić information content (AvgIpc) is 2.64. The second-order valence-corrected chi connectivity index (χ2v) is 9.59. The normalized spacial score (nSPS) is 17.9. The third kappa shape index (κ3) is 5.15. The third-order valence-electron chi connectivity index (χ3n) is 4.47. The Morgan fingerprint density at radius 1 is 1.22 bits per heavy atom. The van der Waals surface area contributed by atoms with E-state index in [4.69, 9.17) is 9.15 Å². The van der Waals surface area contributed by atoms with E-state index in [0.29, 0.717) is 17.5 Å². The highest BCUT2D eigenvalue weighted by molar-refractivity contribution is 7.88. The highest BCUT2D eigenvalue weighted by Gasteiger charge is 2.48. The number of ether oxygens (including phenoxy) is 1. The molecule has 1 atom stereocenters. The van der Waals surface area contributed by atoms with Crippen LogP contribution in [0.4, 0.5) is 18.0 Å². The van der Waals surface area contributed by atoms with Gasteiger partial charge in [-0.2, -0.15) is 21.6 Å². The van der Waals surface area contributed by atoms with Gasteiger partial charge in [-0.15, -0.1) is 0 Å². The van der Waals surface area contributed by atoms with Crippen molar-refractivity contribution in [2.45, 2.75) is 37.9 Å². The molecule has 1 saturated heterocycles. The van der Waals surface area contributed by atoms with E-state index in [-0.39, 0.29) is 18.7 Å². The number of amides is 1. The Hall–Kier alpha value is -2.80. The molecule has 1 aliphatic rings. The van der Waals surface area contributed by atoms with Gasteiger partial charge >= 0.3 is 27.3 Å². The average molecular weight is 478 g/mol. The summed E-state index contributed by atoms with van der Waals surface area (Å²) in [5.41, 5.74) is -7.04. The zero-order chi connectivity index (χ0) is 23.9. The van der Waals surface area contributed by atoms with Gasteiger partial charge in [0.05, 0.1) is 6.04 Å². The number of halogens is 3. The summed E-state index contributed by atoms with van der Waals surface area (Å²) >= 11 is 0. The minimum absolute atomic E-state index is 0.197. The first-order valence-corrected chi connectivity index (χ1v) is 10.9. The molecular formula is C19H21F3N2O7S. The van der Waals surface area contributed by atoms with Gasteiger partial charge in [0.2, 0.25) is 0 Å². The number of hydrogen-bond donors (Lipinski definition) is 1. The maximum Gasteiger partial charge on any atom is 0.534 e. The van der Waals surface area contributed by atoms with Crippen molar-refractivity contribution >= 4 is 27.2 Å². The molecule has 0 bridgehead atoms. The van der Waals surface area contributed by atoms with E-state index >= 15 is 0 Å². The lowest BCUT2D eigenvalue weighted by Gasteiger charge is -2.37. The fourth-order valence-corrected chi connectivity index (χ4v) is 3.64. The summed E-state index contributed by atoms with van der Waals surface area (Å²) < 4.78 is 74.9. The molecule has 0 saturated carbocycles. The maximum absolute atomic E-state index is 12.7. The molecule has 9 nitrogen and oxygen atoms in total. The monoisotopic (exact) mass is 478 g/mol. The molecule has 1 fully saturated rings. The van der Waals surface area contributed by atoms with Crippen molar-refractivity contribution in [2.24, 2.45) is 0 Å². The quantitative estimate of drug-likeness (QED) is 0.407. The number of carbonyl (C=O) groups excluding carboxylic acids is 1. The Labute approximate surface area is 181 Å². The molecule has 13 heteroatoms. The largest absolute Gasteiger partial charge is 0.534 e. The topological polar surface area (TPSA) is 115 Å². The molecule has 1 aromatic heterocycles. The minimum Gasteiger partial charge on any atom is -0.444 e. The van der Waals surface area contributed by atoms with Crippen LogP contribution in [0.25, 0.3) is 11.0 Å². The lowest BCUT2D eigenvalue weighted by molar-refractivity contribution is -0.0500. The number of piperazine rings is 1. The van der Waals surface area contributed by atoms with E-state index in [2.05, 4.69) is 9.50 Å². The van der Waals surface area contributed by atoms with Crippen LogP contribution in [-0.4, -0.2) is 50.2 Å². The standard InChI is InChI=1S/C19H21F3N2O7S/c1-18(2,3)30-17(26)24-7-6-23-10-14(24)13-9-16(25)29-15-8-11(4-5-12(13)15)31-32(27,28)19(20,21)22/h4-5,8-9,14,23H,6-7,10H2,1-3H3. The number of rotatable bonds is 3. The van der Waals surface area contributed by atoms with Crippen molar-refractivity contribution in [3.8, 4) is 5.75 Å². The van der Waals surface area contributed by atoms with Crippen molar-refractivity contribution < 1.29 is 39.7 Å². The highest BCUT2D eigenvalue weighted by atomic mass is 32.2. The van der Waals surface area contributed by atoms with Gasteiger partial charge in [0, 0.05) is 37.2 Å². The van der Waals surface area contributed by atoms with Gasteiger partial charge in [0.15, 0.2) is 0 Å². The molecule has 1 N–H and O–H groups in total. The van der Waals surface area contributed by atoms with Crippen LogP contribution >= 0.6 is 0 Å². The maximum atomic E-state index is 12.7. The number of benzene rings is 1. The van der Waals surface area contributed by atoms with Crippen LogP contribution in [0, 0.1) is 0 Å². The molecule has 1 amide bonds. The fourth-order valence-electron chi connectivity index (χ4n) is 3.19. The summed E-state index contributed by atoms with van der Waals surface area (Å²) in [6.45, 7) is 6.19. The Kier molecular flexibility index (Phi) is 6.17. The first-order chi connectivity index (χ1) is 14.7. The Morgan fingerprint density at radius 2 is 1.91 bits per heavy atom. The second-order valence-electron chi connectivity index (χ2n) is 8.06. The Morgan fingerprint density at radius 3 is 2.53 bits per heavy atom. The van der Waals surface area contributed by atoms with Crippen LogP contribution in [0.3, 0.4) is 0 Å². The van der Waals surface area contributed by atoms with Gasteiger partial charge < -0.3 is 18.7 Å². The molecule has 1 aliphatic heterocycles. The summed E-state index contributed by atoms with van der Waals surface area (Å²) in [5.74, 6) is -0.680. The second kappa shape index (κ2) is 8.28. The van der Waals surface area contributed by atoms with Gasteiger partial charge in [-0.05, 0) is 38.5 Å². The molecule has 0 aliphatic carbocycles. The number of nitrogens with one attached hydrogen (secondary N) is 1. The smallest absolute Gasteiger partial charge is 0.444 e. The lowest BCUT2D eigenvalue weighted by atomic mass is 10.00. The molecule has 1 unspecified atom stereocenters. The van der Waals surface area contributed by atoms with E-state index in [1.165, 1.54) is 17.0 Å². The third-order valence-corrected chi connectivity index (χ3v) is 5.45. The summed E-state index contributed by atoms with van der Waals surface area (Å²) in [5, 5.41) is 3.41. The lowest BCUT2D eigenvalue weighted by Crippen LogP contribution is -2.50. The molecule has 176 valence electrons. The Balaban J connectivity index is 2.03. The number of hydrogen-bond acceptors (Lipinski definition) is 8. The van der Waals surface area contributed by atoms with Crippen molar-refractivity contribution in [1.82, 2.24) is 10.2 Å². The number of alkyl halides is 3. The molecule has 2 aromatic rings. The highest BCUT2D eigenvalue weighted by Crippen LogP contribution is 2.33. The molecule has 0 radical (unpaired) electrons. The first kappa shape index (κ1) is 23.9. The molecular weight excluding hydrogens is 457 g/mol. The first-order valence-electron chi connectivity index (χ1n) is 9.47.